The Morgan fingerprint density at radius 3 is 2.67 bits per heavy atom. The second-order valence-corrected chi connectivity index (χ2v) is 6.64. The zero-order valence-corrected chi connectivity index (χ0v) is 11.0. The molecule has 15 heavy (non-hydrogen) atoms. The van der Waals surface area contributed by atoms with Gasteiger partial charge in [0.05, 0.1) is 10.7 Å². The molecule has 1 aromatic rings. The van der Waals surface area contributed by atoms with Gasteiger partial charge in [-0.1, -0.05) is 0 Å². The van der Waals surface area contributed by atoms with Crippen LogP contribution in [0.2, 0.25) is 0 Å². The molecule has 0 saturated carbocycles. The van der Waals surface area contributed by atoms with Crippen molar-refractivity contribution in [3.05, 3.63) is 15.6 Å². The highest BCUT2D eigenvalue weighted by molar-refractivity contribution is 7.99. The van der Waals surface area contributed by atoms with Gasteiger partial charge >= 0.3 is 0 Å². The Balaban J connectivity index is 1.84. The highest BCUT2D eigenvalue weighted by Crippen LogP contribution is 2.19. The van der Waals surface area contributed by atoms with Crippen LogP contribution in [0.25, 0.3) is 0 Å². The topological polar surface area (TPSA) is 24.9 Å². The van der Waals surface area contributed by atoms with Gasteiger partial charge in [0.2, 0.25) is 0 Å². The van der Waals surface area contributed by atoms with Crippen LogP contribution in [-0.4, -0.2) is 22.5 Å². The van der Waals surface area contributed by atoms with Crippen molar-refractivity contribution >= 4 is 23.1 Å². The van der Waals surface area contributed by atoms with Gasteiger partial charge < -0.3 is 5.32 Å². The van der Waals surface area contributed by atoms with Crippen molar-refractivity contribution < 1.29 is 0 Å². The average Bonchev–Trinajstić information content (AvgIpc) is 2.56. The maximum Gasteiger partial charge on any atom is 0.0900 e. The number of thiazole rings is 1. The van der Waals surface area contributed by atoms with Gasteiger partial charge in [-0.05, 0) is 38.2 Å². The molecule has 1 aliphatic rings. The summed E-state index contributed by atoms with van der Waals surface area (Å²) in [5.74, 6) is 2.62. The molecule has 0 spiro atoms. The lowest BCUT2D eigenvalue weighted by molar-refractivity contribution is 0.478. The number of aryl methyl sites for hydroxylation is 2. The van der Waals surface area contributed by atoms with Gasteiger partial charge in [-0.25, -0.2) is 4.98 Å². The smallest absolute Gasteiger partial charge is 0.0900 e. The Bertz CT molecular complexity index is 316. The molecule has 0 bridgehead atoms. The van der Waals surface area contributed by atoms with Gasteiger partial charge in [0.1, 0.15) is 0 Å². The second kappa shape index (κ2) is 5.32. The van der Waals surface area contributed by atoms with Crippen molar-refractivity contribution in [2.75, 3.05) is 11.5 Å². The largest absolute Gasteiger partial charge is 0.308 e. The first-order chi connectivity index (χ1) is 7.25. The monoisotopic (exact) mass is 242 g/mol. The fraction of sp³-hybridized carbons (Fsp3) is 0.727. The molecule has 0 radical (unpaired) electrons. The molecule has 2 nitrogen and oxygen atoms in total. The van der Waals surface area contributed by atoms with E-state index < -0.39 is 0 Å². The zero-order chi connectivity index (χ0) is 10.7. The van der Waals surface area contributed by atoms with Crippen LogP contribution in [-0.2, 0) is 6.54 Å². The normalized spacial score (nSPS) is 18.3. The maximum atomic E-state index is 4.55. The third-order valence-electron chi connectivity index (χ3n) is 2.78. The number of nitrogens with zero attached hydrogens (tertiary/aromatic N) is 1. The van der Waals surface area contributed by atoms with E-state index in [0.717, 1.165) is 6.54 Å². The van der Waals surface area contributed by atoms with Crippen molar-refractivity contribution in [1.82, 2.24) is 10.3 Å². The van der Waals surface area contributed by atoms with Crippen LogP contribution in [0, 0.1) is 13.8 Å². The molecule has 0 aromatic carbocycles. The van der Waals surface area contributed by atoms with Gasteiger partial charge in [0.15, 0.2) is 0 Å². The number of thioether (sulfide) groups is 1. The minimum Gasteiger partial charge on any atom is -0.308 e. The first-order valence-corrected chi connectivity index (χ1v) is 7.47. The van der Waals surface area contributed by atoms with Crippen molar-refractivity contribution in [2.24, 2.45) is 0 Å². The Morgan fingerprint density at radius 2 is 2.07 bits per heavy atom. The summed E-state index contributed by atoms with van der Waals surface area (Å²) in [6, 6.07) is 0.715. The lowest BCUT2D eigenvalue weighted by Gasteiger charge is -2.22. The Hall–Kier alpha value is -0.0600. The molecule has 1 aliphatic heterocycles. The number of hydrogen-bond donors (Lipinski definition) is 1. The minimum atomic E-state index is 0.715. The van der Waals surface area contributed by atoms with E-state index >= 15 is 0 Å². The standard InChI is InChI=1S/C11H18N2S2/c1-8-11(13-9(2)15-8)7-12-10-3-5-14-6-4-10/h10,12H,3-7H2,1-2H3. The van der Waals surface area contributed by atoms with Crippen LogP contribution in [0.1, 0.15) is 28.4 Å². The van der Waals surface area contributed by atoms with Crippen molar-refractivity contribution in [3.8, 4) is 0 Å². The third kappa shape index (κ3) is 3.20. The molecule has 84 valence electrons. The lowest BCUT2D eigenvalue weighted by atomic mass is 10.1. The van der Waals surface area contributed by atoms with E-state index in [-0.39, 0.29) is 0 Å². The molecule has 0 unspecified atom stereocenters. The van der Waals surface area contributed by atoms with Crippen LogP contribution in [0.5, 0.6) is 0 Å². The molecule has 4 heteroatoms. The summed E-state index contributed by atoms with van der Waals surface area (Å²) in [5.41, 5.74) is 1.25. The Labute approximate surface area is 99.9 Å². The molecule has 0 atom stereocenters. The van der Waals surface area contributed by atoms with Crippen LogP contribution in [0.4, 0.5) is 0 Å². The van der Waals surface area contributed by atoms with Crippen LogP contribution < -0.4 is 5.32 Å². The Kier molecular flexibility index (Phi) is 4.05. The molecule has 2 rings (SSSR count). The number of aromatic nitrogens is 1. The number of hydrogen-bond acceptors (Lipinski definition) is 4. The van der Waals surface area contributed by atoms with E-state index in [1.165, 1.54) is 39.9 Å². The molecule has 1 fully saturated rings. The quantitative estimate of drug-likeness (QED) is 0.882. The van der Waals surface area contributed by atoms with E-state index in [1.54, 1.807) is 11.3 Å². The highest BCUT2D eigenvalue weighted by atomic mass is 32.2. The summed E-state index contributed by atoms with van der Waals surface area (Å²) < 4.78 is 0. The van der Waals surface area contributed by atoms with Gasteiger partial charge in [-0.15, -0.1) is 11.3 Å². The Morgan fingerprint density at radius 1 is 1.33 bits per heavy atom. The summed E-state index contributed by atoms with van der Waals surface area (Å²) in [7, 11) is 0. The maximum absolute atomic E-state index is 4.55. The molecule has 0 amide bonds. The fourth-order valence-electron chi connectivity index (χ4n) is 1.88. The third-order valence-corrected chi connectivity index (χ3v) is 4.76. The molecule has 1 N–H and O–H groups in total. The molecule has 1 saturated heterocycles. The average molecular weight is 242 g/mol. The zero-order valence-electron chi connectivity index (χ0n) is 9.38. The first kappa shape index (κ1) is 11.4. The van der Waals surface area contributed by atoms with E-state index in [4.69, 9.17) is 0 Å². The van der Waals surface area contributed by atoms with E-state index in [0.29, 0.717) is 6.04 Å². The van der Waals surface area contributed by atoms with Gasteiger partial charge in [-0.3, -0.25) is 0 Å². The molecular formula is C11H18N2S2. The van der Waals surface area contributed by atoms with E-state index in [2.05, 4.69) is 35.9 Å². The van der Waals surface area contributed by atoms with Crippen molar-refractivity contribution in [2.45, 2.75) is 39.3 Å². The van der Waals surface area contributed by atoms with Crippen molar-refractivity contribution in [3.63, 3.8) is 0 Å². The van der Waals surface area contributed by atoms with Crippen molar-refractivity contribution in [1.29, 1.82) is 0 Å². The number of rotatable bonds is 3. The predicted molar refractivity (Wildman–Crippen MR) is 68.8 cm³/mol. The van der Waals surface area contributed by atoms with Crippen LogP contribution in [0.15, 0.2) is 0 Å². The fourth-order valence-corrected chi connectivity index (χ4v) is 3.82. The van der Waals surface area contributed by atoms with E-state index in [9.17, 15) is 0 Å². The van der Waals surface area contributed by atoms with Gasteiger partial charge in [-0.2, -0.15) is 11.8 Å². The second-order valence-electron chi connectivity index (χ2n) is 4.00. The minimum absolute atomic E-state index is 0.715. The van der Waals surface area contributed by atoms with E-state index in [1.807, 2.05) is 0 Å². The summed E-state index contributed by atoms with van der Waals surface area (Å²) >= 11 is 3.87. The molecule has 0 aliphatic carbocycles. The van der Waals surface area contributed by atoms with Crippen LogP contribution >= 0.6 is 23.1 Å². The molecule has 2 heterocycles. The first-order valence-electron chi connectivity index (χ1n) is 5.50. The number of nitrogens with one attached hydrogen (secondary N) is 1. The predicted octanol–water partition coefficient (Wildman–Crippen LogP) is 2.75. The lowest BCUT2D eigenvalue weighted by Crippen LogP contribution is -2.32. The summed E-state index contributed by atoms with van der Waals surface area (Å²) in [4.78, 5) is 5.91. The van der Waals surface area contributed by atoms with Crippen LogP contribution in [0.3, 0.4) is 0 Å². The highest BCUT2D eigenvalue weighted by Gasteiger charge is 2.13. The molecular weight excluding hydrogens is 224 g/mol. The SMILES string of the molecule is Cc1nc(CNC2CCSCC2)c(C)s1. The summed E-state index contributed by atoms with van der Waals surface area (Å²) in [6.07, 6.45) is 2.62. The van der Waals surface area contributed by atoms with Gasteiger partial charge in [0, 0.05) is 17.5 Å². The summed E-state index contributed by atoms with van der Waals surface area (Å²) in [5, 5.41) is 4.81. The summed E-state index contributed by atoms with van der Waals surface area (Å²) in [6.45, 7) is 5.20. The van der Waals surface area contributed by atoms with Gasteiger partial charge in [0.25, 0.3) is 0 Å². The molecule has 1 aromatic heterocycles.